The molecular weight excluding hydrogens is 348 g/mol. The van der Waals surface area contributed by atoms with Crippen LogP contribution < -0.4 is 4.90 Å². The second-order valence-corrected chi connectivity index (χ2v) is 6.23. The van der Waals surface area contributed by atoms with Crippen LogP contribution in [0.3, 0.4) is 0 Å². The Morgan fingerprint density at radius 1 is 1.19 bits per heavy atom. The molecule has 1 aromatic heterocycles. The molecule has 2 aromatic rings. The Hall–Kier alpha value is -2.93. The normalized spacial score (nSPS) is 15.1. The van der Waals surface area contributed by atoms with Gasteiger partial charge in [0.15, 0.2) is 0 Å². The van der Waals surface area contributed by atoms with Crippen molar-refractivity contribution in [3.8, 4) is 0 Å². The number of pyridine rings is 1. The summed E-state index contributed by atoms with van der Waals surface area (Å²) in [5, 5.41) is 0. The van der Waals surface area contributed by atoms with Gasteiger partial charge in [-0.3, -0.25) is 0 Å². The predicted molar refractivity (Wildman–Crippen MR) is 98.6 cm³/mol. The van der Waals surface area contributed by atoms with Crippen molar-refractivity contribution in [3.63, 3.8) is 0 Å². The first-order chi connectivity index (χ1) is 13.1. The van der Waals surface area contributed by atoms with E-state index in [0.29, 0.717) is 18.8 Å². The second-order valence-electron chi connectivity index (χ2n) is 6.23. The first kappa shape index (κ1) is 18.8. The van der Waals surface area contributed by atoms with E-state index in [0.717, 1.165) is 24.5 Å². The van der Waals surface area contributed by atoms with Gasteiger partial charge in [-0.2, -0.15) is 0 Å². The first-order valence-corrected chi connectivity index (χ1v) is 8.72. The molecule has 142 valence electrons. The quantitative estimate of drug-likeness (QED) is 0.747. The van der Waals surface area contributed by atoms with E-state index in [-0.39, 0.29) is 5.56 Å². The van der Waals surface area contributed by atoms with Crippen molar-refractivity contribution in [1.29, 1.82) is 0 Å². The summed E-state index contributed by atoms with van der Waals surface area (Å²) < 4.78 is 15.5. The van der Waals surface area contributed by atoms with E-state index >= 15 is 0 Å². The van der Waals surface area contributed by atoms with Gasteiger partial charge in [0.1, 0.15) is 5.82 Å². The summed E-state index contributed by atoms with van der Waals surface area (Å²) in [5.74, 6) is -0.488. The van der Waals surface area contributed by atoms with E-state index in [9.17, 15) is 9.59 Å². The molecule has 27 heavy (non-hydrogen) atoms. The van der Waals surface area contributed by atoms with Crippen molar-refractivity contribution < 1.29 is 23.8 Å². The molecular formula is C20H22N2O5. The van der Waals surface area contributed by atoms with Gasteiger partial charge < -0.3 is 19.1 Å². The maximum atomic E-state index is 12.5. The fourth-order valence-corrected chi connectivity index (χ4v) is 2.85. The Morgan fingerprint density at radius 2 is 1.96 bits per heavy atom. The minimum absolute atomic E-state index is 0.272. The van der Waals surface area contributed by atoms with Crippen LogP contribution in [0, 0.1) is 6.92 Å². The van der Waals surface area contributed by atoms with Gasteiger partial charge in [0.05, 0.1) is 25.9 Å². The topological polar surface area (TPSA) is 78.0 Å². The summed E-state index contributed by atoms with van der Waals surface area (Å²) in [6, 6.07) is 10.6. The lowest BCUT2D eigenvalue weighted by Gasteiger charge is -2.27. The molecule has 0 N–H and O–H groups in total. The highest BCUT2D eigenvalue weighted by Gasteiger charge is 2.27. The zero-order valence-electron chi connectivity index (χ0n) is 15.4. The molecule has 3 rings (SSSR count). The average molecular weight is 370 g/mol. The summed E-state index contributed by atoms with van der Waals surface area (Å²) >= 11 is 0. The lowest BCUT2D eigenvalue weighted by Crippen LogP contribution is -2.36. The van der Waals surface area contributed by atoms with E-state index in [1.165, 1.54) is 13.3 Å². The Bertz CT molecular complexity index is 800. The van der Waals surface area contributed by atoms with Gasteiger partial charge in [0, 0.05) is 24.8 Å². The average Bonchev–Trinajstić information content (AvgIpc) is 2.72. The van der Waals surface area contributed by atoms with E-state index < -0.39 is 18.0 Å². The molecule has 1 fully saturated rings. The van der Waals surface area contributed by atoms with Gasteiger partial charge in [-0.05, 0) is 19.1 Å². The molecule has 7 nitrogen and oxygen atoms in total. The number of morpholine rings is 1. The monoisotopic (exact) mass is 370 g/mol. The highest BCUT2D eigenvalue weighted by molar-refractivity contribution is 5.91. The first-order valence-electron chi connectivity index (χ1n) is 8.72. The van der Waals surface area contributed by atoms with Crippen LogP contribution >= 0.6 is 0 Å². The Labute approximate surface area is 157 Å². The van der Waals surface area contributed by atoms with Crippen LogP contribution in [-0.2, 0) is 19.0 Å². The van der Waals surface area contributed by atoms with Crippen molar-refractivity contribution in [2.75, 3.05) is 38.3 Å². The van der Waals surface area contributed by atoms with Crippen LogP contribution in [0.4, 0.5) is 5.82 Å². The van der Waals surface area contributed by atoms with Crippen molar-refractivity contribution in [2.45, 2.75) is 13.0 Å². The summed E-state index contributed by atoms with van der Waals surface area (Å²) in [6.45, 7) is 4.72. The third-order valence-corrected chi connectivity index (χ3v) is 4.30. The number of nitrogens with zero attached hydrogens (tertiary/aromatic N) is 2. The lowest BCUT2D eigenvalue weighted by atomic mass is 10.1. The van der Waals surface area contributed by atoms with Crippen LogP contribution in [0.25, 0.3) is 0 Å². The summed E-state index contributed by atoms with van der Waals surface area (Å²) in [4.78, 5) is 31.1. The molecule has 0 spiro atoms. The summed E-state index contributed by atoms with van der Waals surface area (Å²) in [6.07, 6.45) is 0.332. The standard InChI is InChI=1S/C20H22N2O5/c1-14-4-3-5-15(12-14)18(20(24)25-2)27-19(23)16-6-7-17(21-13-16)22-8-10-26-11-9-22/h3-7,12-13,18H,8-11H2,1-2H3. The molecule has 1 aromatic carbocycles. The van der Waals surface area contributed by atoms with Crippen molar-refractivity contribution in [1.82, 2.24) is 4.98 Å². The van der Waals surface area contributed by atoms with Gasteiger partial charge in [-0.15, -0.1) is 0 Å². The third-order valence-electron chi connectivity index (χ3n) is 4.30. The van der Waals surface area contributed by atoms with E-state index in [2.05, 4.69) is 9.88 Å². The molecule has 1 aliphatic rings. The smallest absolute Gasteiger partial charge is 0.351 e. The maximum absolute atomic E-state index is 12.5. The fourth-order valence-electron chi connectivity index (χ4n) is 2.85. The fraction of sp³-hybridized carbons (Fsp3) is 0.350. The van der Waals surface area contributed by atoms with E-state index in [1.807, 2.05) is 13.0 Å². The van der Waals surface area contributed by atoms with Crippen molar-refractivity contribution in [2.24, 2.45) is 0 Å². The minimum Gasteiger partial charge on any atom is -0.466 e. The van der Waals surface area contributed by atoms with Gasteiger partial charge >= 0.3 is 11.9 Å². The van der Waals surface area contributed by atoms with Crippen molar-refractivity contribution in [3.05, 3.63) is 59.3 Å². The molecule has 0 amide bonds. The highest BCUT2D eigenvalue weighted by Crippen LogP contribution is 2.22. The second kappa shape index (κ2) is 8.64. The van der Waals surface area contributed by atoms with Gasteiger partial charge in [0.25, 0.3) is 0 Å². The Kier molecular flexibility index (Phi) is 6.03. The molecule has 0 saturated carbocycles. The van der Waals surface area contributed by atoms with Crippen LogP contribution in [-0.4, -0.2) is 50.3 Å². The number of hydrogen-bond donors (Lipinski definition) is 0. The summed E-state index contributed by atoms with van der Waals surface area (Å²) in [7, 11) is 1.26. The number of carbonyl (C=O) groups is 2. The molecule has 1 saturated heterocycles. The number of ether oxygens (including phenoxy) is 3. The molecule has 0 bridgehead atoms. The Balaban J connectivity index is 1.74. The third kappa shape index (κ3) is 4.62. The SMILES string of the molecule is COC(=O)C(OC(=O)c1ccc(N2CCOCC2)nc1)c1cccc(C)c1. The van der Waals surface area contributed by atoms with Crippen LogP contribution in [0.2, 0.25) is 0 Å². The maximum Gasteiger partial charge on any atom is 0.351 e. The lowest BCUT2D eigenvalue weighted by molar-refractivity contribution is -0.151. The van der Waals surface area contributed by atoms with Crippen LogP contribution in [0.15, 0.2) is 42.6 Å². The molecule has 7 heteroatoms. The van der Waals surface area contributed by atoms with Crippen LogP contribution in [0.5, 0.6) is 0 Å². The molecule has 1 unspecified atom stereocenters. The number of hydrogen-bond acceptors (Lipinski definition) is 7. The number of aryl methyl sites for hydroxylation is 1. The van der Waals surface area contributed by atoms with Crippen molar-refractivity contribution >= 4 is 17.8 Å². The van der Waals surface area contributed by atoms with E-state index in [1.54, 1.807) is 30.3 Å². The van der Waals surface area contributed by atoms with Gasteiger partial charge in [0.2, 0.25) is 6.10 Å². The van der Waals surface area contributed by atoms with Gasteiger partial charge in [-0.25, -0.2) is 14.6 Å². The molecule has 2 heterocycles. The number of rotatable bonds is 5. The largest absolute Gasteiger partial charge is 0.466 e. The minimum atomic E-state index is -1.12. The number of esters is 2. The number of benzene rings is 1. The predicted octanol–water partition coefficient (Wildman–Crippen LogP) is 2.30. The molecule has 1 atom stereocenters. The zero-order valence-corrected chi connectivity index (χ0v) is 15.4. The number of anilines is 1. The molecule has 0 radical (unpaired) electrons. The molecule has 1 aliphatic heterocycles. The highest BCUT2D eigenvalue weighted by atomic mass is 16.6. The van der Waals surface area contributed by atoms with Gasteiger partial charge in [-0.1, -0.05) is 29.8 Å². The Morgan fingerprint density at radius 3 is 2.59 bits per heavy atom. The molecule has 0 aliphatic carbocycles. The number of methoxy groups -OCH3 is 1. The number of aromatic nitrogens is 1. The zero-order chi connectivity index (χ0) is 19.2. The summed E-state index contributed by atoms with van der Waals surface area (Å²) in [5.41, 5.74) is 1.79. The van der Waals surface area contributed by atoms with Crippen LogP contribution in [0.1, 0.15) is 27.6 Å². The number of carbonyl (C=O) groups excluding carboxylic acids is 2. The van der Waals surface area contributed by atoms with E-state index in [4.69, 9.17) is 14.2 Å².